The van der Waals surface area contributed by atoms with Gasteiger partial charge in [-0.15, -0.1) is 0 Å². The van der Waals surface area contributed by atoms with Crippen LogP contribution in [0.25, 0.3) is 0 Å². The number of esters is 1. The van der Waals surface area contributed by atoms with Crippen molar-refractivity contribution in [1.82, 2.24) is 0 Å². The van der Waals surface area contributed by atoms with Gasteiger partial charge in [0, 0.05) is 5.57 Å². The minimum Gasteiger partial charge on any atom is -0.478 e. The molecule has 0 aliphatic rings. The largest absolute Gasteiger partial charge is 0.478 e. The second-order valence-corrected chi connectivity index (χ2v) is 2.91. The van der Waals surface area contributed by atoms with E-state index in [0.717, 1.165) is 0 Å². The third-order valence-electron chi connectivity index (χ3n) is 1.63. The number of carbonyl (C=O) groups is 2. The first-order valence-corrected chi connectivity index (χ1v) is 4.18. The molecule has 0 rings (SSSR count). The Kier molecular flexibility index (Phi) is 4.63. The number of hydrogen-bond acceptors (Lipinski definition) is 3. The summed E-state index contributed by atoms with van der Waals surface area (Å²) in [7, 11) is 0. The summed E-state index contributed by atoms with van der Waals surface area (Å²) in [5, 5.41) is 8.62. The topological polar surface area (TPSA) is 63.6 Å². The molecule has 0 fully saturated rings. The van der Waals surface area contributed by atoms with Crippen molar-refractivity contribution in [2.75, 3.05) is 0 Å². The van der Waals surface area contributed by atoms with Crippen molar-refractivity contribution in [3.63, 3.8) is 0 Å². The van der Waals surface area contributed by atoms with Gasteiger partial charge in [-0.1, -0.05) is 20.1 Å². The minimum atomic E-state index is -1.16. The van der Waals surface area contributed by atoms with Gasteiger partial charge in [-0.25, -0.2) is 9.59 Å². The Labute approximate surface area is 82.9 Å². The summed E-state index contributed by atoms with van der Waals surface area (Å²) >= 11 is 0. The van der Waals surface area contributed by atoms with Crippen LogP contribution >= 0.6 is 0 Å². The lowest BCUT2D eigenvalue weighted by Gasteiger charge is -2.15. The smallest absolute Gasteiger partial charge is 0.334 e. The summed E-state index contributed by atoms with van der Waals surface area (Å²) in [5.41, 5.74) is 0.115. The van der Waals surface area contributed by atoms with Gasteiger partial charge < -0.3 is 9.84 Å². The fraction of sp³-hybridized carbons (Fsp3) is 0.400. The van der Waals surface area contributed by atoms with Crippen LogP contribution < -0.4 is 0 Å². The van der Waals surface area contributed by atoms with Gasteiger partial charge in [-0.3, -0.25) is 0 Å². The summed E-state index contributed by atoms with van der Waals surface area (Å²) in [6.45, 7) is 9.94. The Hall–Kier alpha value is -1.58. The Bertz CT molecular complexity index is 278. The highest BCUT2D eigenvalue weighted by atomic mass is 16.5. The van der Waals surface area contributed by atoms with Crippen LogP contribution in [0, 0.1) is 0 Å². The zero-order valence-corrected chi connectivity index (χ0v) is 8.37. The van der Waals surface area contributed by atoms with Gasteiger partial charge in [0.15, 0.2) is 0 Å². The summed E-state index contributed by atoms with van der Waals surface area (Å²) in [5.74, 6) is -1.76. The second-order valence-electron chi connectivity index (χ2n) is 2.91. The van der Waals surface area contributed by atoms with E-state index in [2.05, 4.69) is 13.2 Å². The SMILES string of the molecule is C=C(C)C(=O)OC(CC)C(=C)C(=O)O. The number of ether oxygens (including phenoxy) is 1. The molecule has 0 radical (unpaired) electrons. The molecule has 4 heteroatoms. The van der Waals surface area contributed by atoms with Crippen molar-refractivity contribution in [2.24, 2.45) is 0 Å². The second kappa shape index (κ2) is 5.21. The third kappa shape index (κ3) is 3.43. The van der Waals surface area contributed by atoms with Gasteiger partial charge in [0.25, 0.3) is 0 Å². The van der Waals surface area contributed by atoms with Crippen LogP contribution in [0.4, 0.5) is 0 Å². The summed E-state index contributed by atoms with van der Waals surface area (Å²) in [6.07, 6.45) is -0.402. The number of carbonyl (C=O) groups excluding carboxylic acids is 1. The average molecular weight is 198 g/mol. The van der Waals surface area contributed by atoms with E-state index >= 15 is 0 Å². The molecule has 0 spiro atoms. The monoisotopic (exact) mass is 198 g/mol. The molecule has 0 aliphatic heterocycles. The van der Waals surface area contributed by atoms with E-state index < -0.39 is 18.0 Å². The molecule has 0 aromatic carbocycles. The predicted molar refractivity (Wildman–Crippen MR) is 51.8 cm³/mol. The van der Waals surface area contributed by atoms with Crippen molar-refractivity contribution in [1.29, 1.82) is 0 Å². The molecule has 1 unspecified atom stereocenters. The molecule has 1 atom stereocenters. The van der Waals surface area contributed by atoms with E-state index in [1.807, 2.05) is 0 Å². The van der Waals surface area contributed by atoms with Crippen molar-refractivity contribution >= 4 is 11.9 Å². The van der Waals surface area contributed by atoms with Crippen molar-refractivity contribution in [3.8, 4) is 0 Å². The van der Waals surface area contributed by atoms with E-state index in [9.17, 15) is 9.59 Å². The lowest BCUT2D eigenvalue weighted by Crippen LogP contribution is -2.23. The van der Waals surface area contributed by atoms with Gasteiger partial charge in [0.05, 0.1) is 5.57 Å². The number of carboxylic acid groups (broad SMARTS) is 1. The van der Waals surface area contributed by atoms with Crippen LogP contribution in [0.2, 0.25) is 0 Å². The molecular weight excluding hydrogens is 184 g/mol. The lowest BCUT2D eigenvalue weighted by molar-refractivity contribution is -0.144. The van der Waals surface area contributed by atoms with Crippen molar-refractivity contribution in [2.45, 2.75) is 26.4 Å². The molecule has 78 valence electrons. The van der Waals surface area contributed by atoms with Gasteiger partial charge >= 0.3 is 11.9 Å². The van der Waals surface area contributed by atoms with Crippen LogP contribution in [-0.4, -0.2) is 23.1 Å². The van der Waals surface area contributed by atoms with E-state index in [-0.39, 0.29) is 11.1 Å². The van der Waals surface area contributed by atoms with E-state index in [1.54, 1.807) is 6.92 Å². The summed E-state index contributed by atoms with van der Waals surface area (Å²) in [6, 6.07) is 0. The maximum Gasteiger partial charge on any atom is 0.334 e. The van der Waals surface area contributed by atoms with Crippen LogP contribution in [-0.2, 0) is 14.3 Å². The average Bonchev–Trinajstić information content (AvgIpc) is 2.12. The molecule has 4 nitrogen and oxygen atoms in total. The van der Waals surface area contributed by atoms with Gasteiger partial charge in [0.2, 0.25) is 0 Å². The number of carboxylic acids is 1. The van der Waals surface area contributed by atoms with Crippen molar-refractivity contribution < 1.29 is 19.4 Å². The zero-order chi connectivity index (χ0) is 11.3. The highest BCUT2D eigenvalue weighted by molar-refractivity contribution is 5.90. The van der Waals surface area contributed by atoms with E-state index in [4.69, 9.17) is 9.84 Å². The molecule has 0 aromatic heterocycles. The maximum absolute atomic E-state index is 11.1. The first-order valence-electron chi connectivity index (χ1n) is 4.18. The fourth-order valence-electron chi connectivity index (χ4n) is 0.768. The standard InChI is InChI=1S/C10H14O4/c1-5-8(7(4)9(11)12)14-10(13)6(2)3/h8H,2,4-5H2,1,3H3,(H,11,12). The molecule has 0 heterocycles. The molecule has 0 bridgehead atoms. The van der Waals surface area contributed by atoms with Crippen molar-refractivity contribution in [3.05, 3.63) is 24.3 Å². The summed E-state index contributed by atoms with van der Waals surface area (Å²) < 4.78 is 4.87. The molecule has 0 saturated heterocycles. The Morgan fingerprint density at radius 2 is 1.93 bits per heavy atom. The quantitative estimate of drug-likeness (QED) is 0.537. The normalized spacial score (nSPS) is 11.6. The molecule has 0 aliphatic carbocycles. The predicted octanol–water partition coefficient (Wildman–Crippen LogP) is 1.53. The van der Waals surface area contributed by atoms with Gasteiger partial charge in [-0.2, -0.15) is 0 Å². The first-order chi connectivity index (χ1) is 6.40. The third-order valence-corrected chi connectivity index (χ3v) is 1.63. The van der Waals surface area contributed by atoms with Crippen LogP contribution in [0.1, 0.15) is 20.3 Å². The molecule has 1 N–H and O–H groups in total. The van der Waals surface area contributed by atoms with Crippen LogP contribution in [0.15, 0.2) is 24.3 Å². The molecule has 14 heavy (non-hydrogen) atoms. The Morgan fingerprint density at radius 1 is 1.43 bits per heavy atom. The number of hydrogen-bond donors (Lipinski definition) is 1. The maximum atomic E-state index is 11.1. The summed E-state index contributed by atoms with van der Waals surface area (Å²) in [4.78, 5) is 21.6. The lowest BCUT2D eigenvalue weighted by atomic mass is 10.1. The number of rotatable bonds is 5. The Balaban J connectivity index is 4.45. The van der Waals surface area contributed by atoms with Gasteiger partial charge in [-0.05, 0) is 13.3 Å². The molecular formula is C10H14O4. The Morgan fingerprint density at radius 3 is 2.21 bits per heavy atom. The molecule has 0 amide bonds. The highest BCUT2D eigenvalue weighted by Crippen LogP contribution is 2.11. The molecule has 0 aromatic rings. The molecule has 0 saturated carbocycles. The van der Waals surface area contributed by atoms with Crippen LogP contribution in [0.3, 0.4) is 0 Å². The minimum absolute atomic E-state index is 0.123. The zero-order valence-electron chi connectivity index (χ0n) is 8.37. The van der Waals surface area contributed by atoms with Gasteiger partial charge in [0.1, 0.15) is 6.10 Å². The van der Waals surface area contributed by atoms with E-state index in [1.165, 1.54) is 6.92 Å². The fourth-order valence-corrected chi connectivity index (χ4v) is 0.768. The first kappa shape index (κ1) is 12.4. The van der Waals surface area contributed by atoms with E-state index in [0.29, 0.717) is 6.42 Å². The number of aliphatic carboxylic acids is 1. The highest BCUT2D eigenvalue weighted by Gasteiger charge is 2.20. The van der Waals surface area contributed by atoms with Crippen LogP contribution in [0.5, 0.6) is 0 Å².